The first kappa shape index (κ1) is 18.7. The Morgan fingerprint density at radius 3 is 2.59 bits per heavy atom. The average molecular weight is 365 g/mol. The summed E-state index contributed by atoms with van der Waals surface area (Å²) in [6.07, 6.45) is 3.72. The van der Waals surface area contributed by atoms with E-state index in [-0.39, 0.29) is 30.0 Å². The quantitative estimate of drug-likeness (QED) is 0.704. The zero-order valence-electron chi connectivity index (χ0n) is 14.7. The Bertz CT molecular complexity index is 1010. The van der Waals surface area contributed by atoms with Crippen LogP contribution in [0, 0.1) is 5.82 Å². The lowest BCUT2D eigenvalue weighted by atomic mass is 10.1. The van der Waals surface area contributed by atoms with Crippen LogP contribution in [0.4, 0.5) is 4.39 Å². The fourth-order valence-electron chi connectivity index (χ4n) is 2.72. The molecule has 0 atom stereocenters. The molecule has 0 aliphatic carbocycles. The molecule has 1 heterocycles. The first-order valence-electron chi connectivity index (χ1n) is 8.54. The van der Waals surface area contributed by atoms with Crippen LogP contribution in [0.1, 0.15) is 16.7 Å². The van der Waals surface area contributed by atoms with Crippen LogP contribution in [0.15, 0.2) is 65.5 Å². The Hall–Kier alpha value is -3.09. The predicted octanol–water partition coefficient (Wildman–Crippen LogP) is 2.71. The molecule has 0 aliphatic rings. The van der Waals surface area contributed by atoms with Gasteiger partial charge in [-0.2, -0.15) is 5.10 Å². The normalized spacial score (nSPS) is 11.2. The van der Waals surface area contributed by atoms with Crippen molar-refractivity contribution in [2.75, 3.05) is 0 Å². The summed E-state index contributed by atoms with van der Waals surface area (Å²) in [5.41, 5.74) is 7.91. The molecule has 27 heavy (non-hydrogen) atoms. The van der Waals surface area contributed by atoms with Crippen molar-refractivity contribution in [2.24, 2.45) is 5.73 Å². The third-order valence-corrected chi connectivity index (χ3v) is 4.17. The highest BCUT2D eigenvalue weighted by Crippen LogP contribution is 2.20. The van der Waals surface area contributed by atoms with Crippen LogP contribution in [-0.4, -0.2) is 14.9 Å². The molecule has 5 nitrogen and oxygen atoms in total. The molecular formula is C21H20FN3O2. The van der Waals surface area contributed by atoms with E-state index >= 15 is 0 Å². The Balaban J connectivity index is 1.96. The van der Waals surface area contributed by atoms with E-state index in [9.17, 15) is 14.3 Å². The summed E-state index contributed by atoms with van der Waals surface area (Å²) in [4.78, 5) is 12.4. The highest BCUT2D eigenvalue weighted by molar-refractivity contribution is 5.60. The van der Waals surface area contributed by atoms with Gasteiger partial charge in [-0.25, -0.2) is 9.07 Å². The molecule has 0 unspecified atom stereocenters. The number of benzene rings is 2. The van der Waals surface area contributed by atoms with Gasteiger partial charge in [0.15, 0.2) is 0 Å². The van der Waals surface area contributed by atoms with Gasteiger partial charge in [-0.1, -0.05) is 42.5 Å². The Kier molecular flexibility index (Phi) is 5.90. The van der Waals surface area contributed by atoms with E-state index in [0.29, 0.717) is 16.8 Å². The van der Waals surface area contributed by atoms with Crippen LogP contribution >= 0.6 is 0 Å². The third kappa shape index (κ3) is 4.36. The van der Waals surface area contributed by atoms with Gasteiger partial charge in [0.05, 0.1) is 18.8 Å². The van der Waals surface area contributed by atoms with Gasteiger partial charge >= 0.3 is 0 Å². The molecule has 0 radical (unpaired) electrons. The van der Waals surface area contributed by atoms with Crippen LogP contribution < -0.4 is 11.3 Å². The monoisotopic (exact) mass is 365 g/mol. The van der Waals surface area contributed by atoms with Crippen molar-refractivity contribution >= 4 is 6.08 Å². The third-order valence-electron chi connectivity index (χ3n) is 4.17. The number of hydrogen-bond donors (Lipinski definition) is 2. The highest BCUT2D eigenvalue weighted by atomic mass is 19.1. The van der Waals surface area contributed by atoms with E-state index in [1.807, 2.05) is 42.5 Å². The molecule has 0 amide bonds. The lowest BCUT2D eigenvalue weighted by Gasteiger charge is -2.10. The number of halogens is 1. The topological polar surface area (TPSA) is 81.1 Å². The highest BCUT2D eigenvalue weighted by Gasteiger charge is 2.11. The minimum Gasteiger partial charge on any atom is -0.391 e. The van der Waals surface area contributed by atoms with E-state index in [0.717, 1.165) is 5.56 Å². The summed E-state index contributed by atoms with van der Waals surface area (Å²) in [6, 6.07) is 15.7. The maximum Gasteiger partial charge on any atom is 0.272 e. The maximum absolute atomic E-state index is 13.7. The Morgan fingerprint density at radius 2 is 1.89 bits per heavy atom. The van der Waals surface area contributed by atoms with Gasteiger partial charge < -0.3 is 10.8 Å². The zero-order chi connectivity index (χ0) is 19.2. The van der Waals surface area contributed by atoms with Gasteiger partial charge in [0.1, 0.15) is 5.82 Å². The van der Waals surface area contributed by atoms with E-state index in [1.54, 1.807) is 12.1 Å². The van der Waals surface area contributed by atoms with Crippen molar-refractivity contribution in [2.45, 2.75) is 19.7 Å². The van der Waals surface area contributed by atoms with Gasteiger partial charge in [0, 0.05) is 23.2 Å². The van der Waals surface area contributed by atoms with Gasteiger partial charge in [-0.15, -0.1) is 0 Å². The van der Waals surface area contributed by atoms with Crippen LogP contribution in [0.2, 0.25) is 0 Å². The molecule has 0 fully saturated rings. The second-order valence-electron chi connectivity index (χ2n) is 6.02. The molecule has 6 heteroatoms. The molecule has 0 spiro atoms. The second kappa shape index (κ2) is 8.53. The first-order chi connectivity index (χ1) is 13.1. The zero-order valence-corrected chi connectivity index (χ0v) is 14.7. The predicted molar refractivity (Wildman–Crippen MR) is 103 cm³/mol. The van der Waals surface area contributed by atoms with E-state index in [1.165, 1.54) is 16.8 Å². The summed E-state index contributed by atoms with van der Waals surface area (Å²) < 4.78 is 15.0. The minimum atomic E-state index is -0.401. The number of allylic oxidation sites excluding steroid dienone is 1. The maximum atomic E-state index is 13.7. The molecular weight excluding hydrogens is 345 g/mol. The van der Waals surface area contributed by atoms with Crippen LogP contribution in [-0.2, 0) is 19.7 Å². The average Bonchev–Trinajstić information content (AvgIpc) is 2.70. The number of aliphatic hydroxyl groups excluding tert-OH is 1. The van der Waals surface area contributed by atoms with Gasteiger partial charge in [-0.05, 0) is 29.8 Å². The molecule has 3 N–H and O–H groups in total. The van der Waals surface area contributed by atoms with Crippen molar-refractivity contribution in [1.82, 2.24) is 9.78 Å². The van der Waals surface area contributed by atoms with Crippen molar-refractivity contribution in [1.29, 1.82) is 0 Å². The van der Waals surface area contributed by atoms with E-state index < -0.39 is 6.61 Å². The molecule has 0 bridgehead atoms. The Labute approximate surface area is 156 Å². The standard InChI is InChI=1S/C21H20FN3O2/c22-19-9-8-16(11-17(19)13-23)20-12-18(14-26)21(27)25(24-20)10-4-7-15-5-2-1-3-6-15/h1-9,11-12,26H,10,13-14,23H2/b7-4+. The van der Waals surface area contributed by atoms with Crippen molar-refractivity contribution in [3.63, 3.8) is 0 Å². The number of nitrogens with zero attached hydrogens (tertiary/aromatic N) is 2. The number of rotatable bonds is 6. The summed E-state index contributed by atoms with van der Waals surface area (Å²) in [5, 5.41) is 13.9. The molecule has 3 aromatic rings. The second-order valence-corrected chi connectivity index (χ2v) is 6.02. The summed E-state index contributed by atoms with van der Waals surface area (Å²) >= 11 is 0. The van der Waals surface area contributed by atoms with Crippen LogP contribution in [0.25, 0.3) is 17.3 Å². The van der Waals surface area contributed by atoms with E-state index in [2.05, 4.69) is 5.10 Å². The fraction of sp³-hybridized carbons (Fsp3) is 0.143. The van der Waals surface area contributed by atoms with Gasteiger partial charge in [0.25, 0.3) is 5.56 Å². The minimum absolute atomic E-state index is 0.0615. The molecule has 1 aromatic heterocycles. The summed E-state index contributed by atoms with van der Waals surface area (Å²) in [7, 11) is 0. The largest absolute Gasteiger partial charge is 0.391 e. The molecule has 3 rings (SSSR count). The van der Waals surface area contributed by atoms with E-state index in [4.69, 9.17) is 5.73 Å². The van der Waals surface area contributed by atoms with Crippen LogP contribution in [0.5, 0.6) is 0 Å². The summed E-state index contributed by atoms with van der Waals surface area (Å²) in [6.45, 7) is -0.0901. The number of hydrogen-bond acceptors (Lipinski definition) is 4. The van der Waals surface area contributed by atoms with Crippen LogP contribution in [0.3, 0.4) is 0 Å². The molecule has 0 aliphatic heterocycles. The SMILES string of the molecule is NCc1cc(-c2cc(CO)c(=O)n(C/C=C/c3ccccc3)n2)ccc1F. The van der Waals surface area contributed by atoms with Crippen molar-refractivity contribution in [3.05, 3.63) is 93.5 Å². The molecule has 2 aromatic carbocycles. The van der Waals surface area contributed by atoms with Crippen molar-refractivity contribution < 1.29 is 9.50 Å². The summed E-state index contributed by atoms with van der Waals surface area (Å²) in [5.74, 6) is -0.386. The molecule has 138 valence electrons. The Morgan fingerprint density at radius 1 is 1.11 bits per heavy atom. The molecule has 0 saturated carbocycles. The molecule has 0 saturated heterocycles. The number of aliphatic hydroxyl groups is 1. The smallest absolute Gasteiger partial charge is 0.272 e. The van der Waals surface area contributed by atoms with Gasteiger partial charge in [-0.3, -0.25) is 4.79 Å². The lowest BCUT2D eigenvalue weighted by molar-refractivity contribution is 0.278. The first-order valence-corrected chi connectivity index (χ1v) is 8.54. The fourth-order valence-corrected chi connectivity index (χ4v) is 2.72. The lowest BCUT2D eigenvalue weighted by Crippen LogP contribution is -2.26. The number of aromatic nitrogens is 2. The van der Waals surface area contributed by atoms with Crippen molar-refractivity contribution in [3.8, 4) is 11.3 Å². The number of nitrogens with two attached hydrogens (primary N) is 1. The van der Waals surface area contributed by atoms with Gasteiger partial charge in [0.2, 0.25) is 0 Å².